The first-order chi connectivity index (χ1) is 14.3. The summed E-state index contributed by atoms with van der Waals surface area (Å²) < 4.78 is 0. The molecule has 0 aliphatic carbocycles. The molecule has 0 unspecified atom stereocenters. The molecule has 1 aromatic heterocycles. The second-order valence-corrected chi connectivity index (χ2v) is 9.11. The van der Waals surface area contributed by atoms with E-state index in [-0.39, 0.29) is 11.8 Å². The molecule has 1 saturated heterocycles. The van der Waals surface area contributed by atoms with Gasteiger partial charge in [-0.1, -0.05) is 38.1 Å². The van der Waals surface area contributed by atoms with Gasteiger partial charge in [-0.25, -0.2) is 0 Å². The van der Waals surface area contributed by atoms with E-state index < -0.39 is 5.41 Å². The quantitative estimate of drug-likeness (QED) is 0.726. The summed E-state index contributed by atoms with van der Waals surface area (Å²) in [6.07, 6.45) is 6.40. The number of hydrogen-bond donors (Lipinski definition) is 0. The Hall–Kier alpha value is -2.69. The molecule has 2 amide bonds. The van der Waals surface area contributed by atoms with E-state index in [4.69, 9.17) is 0 Å². The molecular formula is C25H33N3O2. The molecular weight excluding hydrogens is 374 g/mol. The zero-order chi connectivity index (χ0) is 21.7. The molecule has 0 radical (unpaired) electrons. The average molecular weight is 408 g/mol. The summed E-state index contributed by atoms with van der Waals surface area (Å²) >= 11 is 0. The Labute approximate surface area is 180 Å². The summed E-state index contributed by atoms with van der Waals surface area (Å²) in [5.41, 5.74) is 2.77. The third-order valence-corrected chi connectivity index (χ3v) is 5.86. The summed E-state index contributed by atoms with van der Waals surface area (Å²) in [7, 11) is 3.62. The number of likely N-dealkylation sites (tertiary alicyclic amines) is 1. The fourth-order valence-corrected chi connectivity index (χ4v) is 4.49. The van der Waals surface area contributed by atoms with Crippen molar-refractivity contribution < 1.29 is 9.59 Å². The number of rotatable bonds is 6. The highest BCUT2D eigenvalue weighted by molar-refractivity contribution is 5.85. The van der Waals surface area contributed by atoms with Crippen molar-refractivity contribution in [2.24, 2.45) is 11.3 Å². The van der Waals surface area contributed by atoms with Gasteiger partial charge >= 0.3 is 0 Å². The molecule has 1 aliphatic rings. The van der Waals surface area contributed by atoms with Crippen LogP contribution in [0.4, 0.5) is 0 Å². The largest absolute Gasteiger partial charge is 0.348 e. The first-order valence-corrected chi connectivity index (χ1v) is 10.8. The van der Waals surface area contributed by atoms with E-state index in [0.717, 1.165) is 36.1 Å². The Kier molecular flexibility index (Phi) is 6.91. The van der Waals surface area contributed by atoms with Gasteiger partial charge in [0.05, 0.1) is 5.41 Å². The Morgan fingerprint density at radius 2 is 1.87 bits per heavy atom. The zero-order valence-corrected chi connectivity index (χ0v) is 18.6. The van der Waals surface area contributed by atoms with Crippen LogP contribution >= 0.6 is 0 Å². The normalized spacial score (nSPS) is 19.0. The molecule has 2 aromatic rings. The van der Waals surface area contributed by atoms with Crippen molar-refractivity contribution in [2.75, 3.05) is 27.2 Å². The van der Waals surface area contributed by atoms with Gasteiger partial charge < -0.3 is 9.80 Å². The van der Waals surface area contributed by atoms with Crippen LogP contribution in [0.1, 0.15) is 38.7 Å². The highest BCUT2D eigenvalue weighted by atomic mass is 16.2. The maximum Gasteiger partial charge on any atom is 0.230 e. The summed E-state index contributed by atoms with van der Waals surface area (Å²) in [5, 5.41) is 0. The summed E-state index contributed by atoms with van der Waals surface area (Å²) in [6, 6.07) is 12.4. The predicted molar refractivity (Wildman–Crippen MR) is 120 cm³/mol. The molecule has 0 bridgehead atoms. The molecule has 2 heterocycles. The number of piperidine rings is 1. The highest BCUT2D eigenvalue weighted by Crippen LogP contribution is 2.36. The predicted octanol–water partition coefficient (Wildman–Crippen LogP) is 4.03. The van der Waals surface area contributed by atoms with Crippen LogP contribution in [0.15, 0.2) is 48.8 Å². The fraction of sp³-hybridized carbons (Fsp3) is 0.480. The molecule has 3 rings (SSSR count). The molecule has 0 saturated carbocycles. The van der Waals surface area contributed by atoms with Crippen LogP contribution < -0.4 is 0 Å². The van der Waals surface area contributed by atoms with E-state index in [9.17, 15) is 9.59 Å². The van der Waals surface area contributed by atoms with Gasteiger partial charge in [-0.2, -0.15) is 0 Å². The van der Waals surface area contributed by atoms with Crippen LogP contribution in [0, 0.1) is 11.3 Å². The van der Waals surface area contributed by atoms with Crippen molar-refractivity contribution in [1.82, 2.24) is 14.8 Å². The van der Waals surface area contributed by atoms with Gasteiger partial charge in [-0.15, -0.1) is 0 Å². The first kappa shape index (κ1) is 22.0. The fourth-order valence-electron chi connectivity index (χ4n) is 4.49. The minimum Gasteiger partial charge on any atom is -0.348 e. The second kappa shape index (κ2) is 9.41. The number of hydrogen-bond acceptors (Lipinski definition) is 3. The summed E-state index contributed by atoms with van der Waals surface area (Å²) in [6.45, 7) is 5.36. The number of carbonyl (C=O) groups is 2. The third kappa shape index (κ3) is 5.07. The Morgan fingerprint density at radius 3 is 2.53 bits per heavy atom. The van der Waals surface area contributed by atoms with Gasteiger partial charge in [-0.3, -0.25) is 14.6 Å². The van der Waals surface area contributed by atoms with Crippen molar-refractivity contribution in [1.29, 1.82) is 0 Å². The zero-order valence-electron chi connectivity index (χ0n) is 18.6. The number of benzene rings is 1. The van der Waals surface area contributed by atoms with E-state index in [1.807, 2.05) is 37.2 Å². The molecule has 0 spiro atoms. The van der Waals surface area contributed by atoms with Crippen LogP contribution in [0.25, 0.3) is 11.1 Å². The van der Waals surface area contributed by atoms with E-state index >= 15 is 0 Å². The van der Waals surface area contributed by atoms with Gasteiger partial charge in [0.2, 0.25) is 11.8 Å². The maximum absolute atomic E-state index is 13.3. The number of nitrogens with zero attached hydrogens (tertiary/aromatic N) is 3. The SMILES string of the molecule is CC(C)CC(=O)N1CCC[C@](Cc2cccc(-c3ccncc3)c2)(C(=O)N(C)C)C1. The van der Waals surface area contributed by atoms with Crippen LogP contribution in [0.3, 0.4) is 0 Å². The van der Waals surface area contributed by atoms with E-state index in [0.29, 0.717) is 25.3 Å². The Morgan fingerprint density at radius 1 is 1.13 bits per heavy atom. The second-order valence-electron chi connectivity index (χ2n) is 9.11. The van der Waals surface area contributed by atoms with Crippen LogP contribution in [0.5, 0.6) is 0 Å². The summed E-state index contributed by atoms with van der Waals surface area (Å²) in [5.74, 6) is 0.584. The highest BCUT2D eigenvalue weighted by Gasteiger charge is 2.44. The van der Waals surface area contributed by atoms with E-state index in [1.165, 1.54) is 0 Å². The topological polar surface area (TPSA) is 53.5 Å². The third-order valence-electron chi connectivity index (χ3n) is 5.86. The van der Waals surface area contributed by atoms with Crippen molar-refractivity contribution >= 4 is 11.8 Å². The van der Waals surface area contributed by atoms with Crippen LogP contribution in [0.2, 0.25) is 0 Å². The number of carbonyl (C=O) groups excluding carboxylic acids is 2. The Bertz CT molecular complexity index is 879. The summed E-state index contributed by atoms with van der Waals surface area (Å²) in [4.78, 5) is 33.8. The Balaban J connectivity index is 1.89. The minimum atomic E-state index is -0.578. The molecule has 1 aliphatic heterocycles. The lowest BCUT2D eigenvalue weighted by Gasteiger charge is -2.43. The molecule has 5 heteroatoms. The molecule has 160 valence electrons. The average Bonchev–Trinajstić information content (AvgIpc) is 2.73. The molecule has 0 N–H and O–H groups in total. The van der Waals surface area contributed by atoms with Crippen molar-refractivity contribution in [3.63, 3.8) is 0 Å². The molecule has 30 heavy (non-hydrogen) atoms. The first-order valence-electron chi connectivity index (χ1n) is 10.8. The lowest BCUT2D eigenvalue weighted by Crippen LogP contribution is -2.54. The molecule has 1 fully saturated rings. The van der Waals surface area contributed by atoms with Gasteiger partial charge in [-0.05, 0) is 54.0 Å². The van der Waals surface area contributed by atoms with Gasteiger partial charge in [0.25, 0.3) is 0 Å². The monoisotopic (exact) mass is 407 g/mol. The molecule has 1 aromatic carbocycles. The van der Waals surface area contributed by atoms with Crippen molar-refractivity contribution in [3.05, 3.63) is 54.4 Å². The van der Waals surface area contributed by atoms with Gasteiger partial charge in [0.15, 0.2) is 0 Å². The van der Waals surface area contributed by atoms with E-state index in [1.54, 1.807) is 17.3 Å². The number of pyridine rings is 1. The van der Waals surface area contributed by atoms with Crippen molar-refractivity contribution in [2.45, 2.75) is 39.5 Å². The van der Waals surface area contributed by atoms with Gasteiger partial charge in [0, 0.05) is 46.0 Å². The molecule has 5 nitrogen and oxygen atoms in total. The van der Waals surface area contributed by atoms with Gasteiger partial charge in [0.1, 0.15) is 0 Å². The number of amides is 2. The van der Waals surface area contributed by atoms with E-state index in [2.05, 4.69) is 37.0 Å². The standard InChI is InChI=1S/C25H33N3O2/c1-19(2)15-23(29)28-14-6-11-25(18-28,24(30)27(3)4)17-20-7-5-8-22(16-20)21-9-12-26-13-10-21/h5,7-10,12-13,16,19H,6,11,14-15,17-18H2,1-4H3/t25-/m1/s1. The minimum absolute atomic E-state index is 0.110. The van der Waals surface area contributed by atoms with Crippen LogP contribution in [-0.2, 0) is 16.0 Å². The maximum atomic E-state index is 13.3. The lowest BCUT2D eigenvalue weighted by atomic mass is 9.73. The van der Waals surface area contributed by atoms with Crippen LogP contribution in [-0.4, -0.2) is 53.8 Å². The lowest BCUT2D eigenvalue weighted by molar-refractivity contribution is -0.147. The number of aromatic nitrogens is 1. The smallest absolute Gasteiger partial charge is 0.230 e. The van der Waals surface area contributed by atoms with Crippen molar-refractivity contribution in [3.8, 4) is 11.1 Å². The molecule has 1 atom stereocenters.